The lowest BCUT2D eigenvalue weighted by molar-refractivity contribution is 0.673. The summed E-state index contributed by atoms with van der Waals surface area (Å²) in [7, 11) is 0. The Morgan fingerprint density at radius 3 is 2.06 bits per heavy atom. The van der Waals surface area contributed by atoms with E-state index in [4.69, 9.17) is 9.40 Å². The average Bonchev–Trinajstić information content (AvgIpc) is 3.52. The molecular weight excluding hydrogens is 572 g/mol. The smallest absolute Gasteiger partial charge is 0.143 e. The quantitative estimate of drug-likeness (QED) is 0.190. The van der Waals surface area contributed by atoms with Crippen LogP contribution in [0.25, 0.3) is 98.8 Å². The number of hydrogen-bond donors (Lipinski definition) is 0. The van der Waals surface area contributed by atoms with Crippen molar-refractivity contribution in [3.63, 3.8) is 0 Å². The maximum absolute atomic E-state index is 6.66. The van der Waals surface area contributed by atoms with Gasteiger partial charge in [-0.3, -0.25) is 4.98 Å². The number of pyridine rings is 2. The molecular formula is C44H26N2O. The monoisotopic (exact) mass is 598 g/mol. The van der Waals surface area contributed by atoms with Crippen molar-refractivity contribution in [1.82, 2.24) is 9.97 Å². The van der Waals surface area contributed by atoms with Crippen LogP contribution in [0.2, 0.25) is 0 Å². The van der Waals surface area contributed by atoms with Crippen LogP contribution in [0, 0.1) is 0 Å². The van der Waals surface area contributed by atoms with E-state index in [1.165, 1.54) is 21.9 Å². The Hall–Kier alpha value is -6.32. The highest BCUT2D eigenvalue weighted by Crippen LogP contribution is 2.41. The van der Waals surface area contributed by atoms with Gasteiger partial charge in [0.2, 0.25) is 0 Å². The number of benzene rings is 7. The molecule has 0 saturated heterocycles. The molecule has 0 aliphatic rings. The van der Waals surface area contributed by atoms with E-state index in [1.54, 1.807) is 0 Å². The molecule has 0 N–H and O–H groups in total. The molecule has 7 aromatic carbocycles. The zero-order valence-corrected chi connectivity index (χ0v) is 25.3. The number of nitrogens with zero attached hydrogens (tertiary/aromatic N) is 2. The summed E-state index contributed by atoms with van der Waals surface area (Å²) in [6, 6.07) is 53.8. The van der Waals surface area contributed by atoms with Crippen molar-refractivity contribution >= 4 is 65.3 Å². The molecule has 3 heteroatoms. The molecule has 10 rings (SSSR count). The standard InChI is InChI=1S/C44H26N2O/c1-2-8-30-23-31(17-14-27(30)7-1)32-18-20-36-39-26-38(35-12-3-4-13-37(35)44(39)47-41(36)25-32)33-9-5-10-34(24-33)40-21-19-29-16-15-28-11-6-22-45-42(28)43(29)46-40/h1-26H. The average molecular weight is 599 g/mol. The fourth-order valence-corrected chi connectivity index (χ4v) is 7.12. The minimum absolute atomic E-state index is 0.892. The van der Waals surface area contributed by atoms with Crippen molar-refractivity contribution in [2.45, 2.75) is 0 Å². The Morgan fingerprint density at radius 2 is 1.13 bits per heavy atom. The zero-order chi connectivity index (χ0) is 30.9. The third-order valence-corrected chi connectivity index (χ3v) is 9.46. The van der Waals surface area contributed by atoms with Gasteiger partial charge in [-0.1, -0.05) is 109 Å². The highest BCUT2D eigenvalue weighted by atomic mass is 16.3. The van der Waals surface area contributed by atoms with E-state index in [-0.39, 0.29) is 0 Å². The number of aromatic nitrogens is 2. The van der Waals surface area contributed by atoms with Crippen LogP contribution < -0.4 is 0 Å². The van der Waals surface area contributed by atoms with Crippen molar-refractivity contribution in [2.75, 3.05) is 0 Å². The van der Waals surface area contributed by atoms with Gasteiger partial charge in [0, 0.05) is 38.7 Å². The molecule has 0 amide bonds. The highest BCUT2D eigenvalue weighted by molar-refractivity contribution is 6.19. The molecule has 218 valence electrons. The molecule has 47 heavy (non-hydrogen) atoms. The summed E-state index contributed by atoms with van der Waals surface area (Å²) in [5.41, 5.74) is 10.3. The van der Waals surface area contributed by atoms with Gasteiger partial charge in [-0.15, -0.1) is 0 Å². The van der Waals surface area contributed by atoms with Gasteiger partial charge in [-0.25, -0.2) is 4.98 Å². The molecule has 0 fully saturated rings. The molecule has 0 saturated carbocycles. The van der Waals surface area contributed by atoms with Crippen LogP contribution in [0.1, 0.15) is 0 Å². The Morgan fingerprint density at radius 1 is 0.404 bits per heavy atom. The Kier molecular flexibility index (Phi) is 5.57. The predicted octanol–water partition coefficient (Wildman–Crippen LogP) is 12.0. The molecule has 0 spiro atoms. The van der Waals surface area contributed by atoms with Gasteiger partial charge in [0.25, 0.3) is 0 Å². The first-order valence-electron chi connectivity index (χ1n) is 15.9. The molecule has 3 heterocycles. The molecule has 0 aliphatic heterocycles. The summed E-state index contributed by atoms with van der Waals surface area (Å²) in [5, 5.41) is 9.15. The molecule has 0 aliphatic carbocycles. The Balaban J connectivity index is 1.13. The molecule has 0 unspecified atom stereocenters. The molecule has 0 radical (unpaired) electrons. The van der Waals surface area contributed by atoms with Crippen molar-refractivity contribution in [2.24, 2.45) is 0 Å². The Bertz CT molecular complexity index is 2860. The zero-order valence-electron chi connectivity index (χ0n) is 25.3. The van der Waals surface area contributed by atoms with Crippen LogP contribution in [0.15, 0.2) is 162 Å². The van der Waals surface area contributed by atoms with E-state index in [0.29, 0.717) is 0 Å². The minimum atomic E-state index is 0.892. The van der Waals surface area contributed by atoms with Gasteiger partial charge in [0.1, 0.15) is 11.2 Å². The van der Waals surface area contributed by atoms with Crippen LogP contribution in [0.4, 0.5) is 0 Å². The van der Waals surface area contributed by atoms with E-state index in [0.717, 1.165) is 76.9 Å². The van der Waals surface area contributed by atoms with Gasteiger partial charge in [-0.05, 0) is 80.9 Å². The molecule has 0 atom stereocenters. The second-order valence-electron chi connectivity index (χ2n) is 12.2. The third kappa shape index (κ3) is 4.14. The van der Waals surface area contributed by atoms with E-state index in [2.05, 4.69) is 151 Å². The first kappa shape index (κ1) is 26.0. The number of furan rings is 1. The summed E-state index contributed by atoms with van der Waals surface area (Å²) in [6.07, 6.45) is 1.84. The van der Waals surface area contributed by atoms with Crippen LogP contribution in [-0.2, 0) is 0 Å². The SMILES string of the molecule is c1cc(-c2ccc3ccc4cccnc4c3n2)cc(-c2cc3c4ccc(-c5ccc6ccccc6c5)cc4oc3c3ccccc23)c1. The summed E-state index contributed by atoms with van der Waals surface area (Å²) < 4.78 is 6.66. The second-order valence-corrected chi connectivity index (χ2v) is 12.2. The van der Waals surface area contributed by atoms with Crippen LogP contribution >= 0.6 is 0 Å². The molecule has 0 bridgehead atoms. The van der Waals surface area contributed by atoms with Crippen LogP contribution in [0.5, 0.6) is 0 Å². The van der Waals surface area contributed by atoms with Crippen molar-refractivity contribution < 1.29 is 4.42 Å². The van der Waals surface area contributed by atoms with E-state index >= 15 is 0 Å². The fourth-order valence-electron chi connectivity index (χ4n) is 7.12. The number of rotatable bonds is 3. The van der Waals surface area contributed by atoms with Gasteiger partial charge >= 0.3 is 0 Å². The maximum atomic E-state index is 6.66. The maximum Gasteiger partial charge on any atom is 0.143 e. The van der Waals surface area contributed by atoms with Gasteiger partial charge < -0.3 is 4.42 Å². The first-order valence-corrected chi connectivity index (χ1v) is 15.9. The lowest BCUT2D eigenvalue weighted by Crippen LogP contribution is -1.89. The van der Waals surface area contributed by atoms with Crippen molar-refractivity contribution in [3.8, 4) is 33.5 Å². The first-order chi connectivity index (χ1) is 23.3. The lowest BCUT2D eigenvalue weighted by atomic mass is 9.93. The predicted molar refractivity (Wildman–Crippen MR) is 196 cm³/mol. The highest BCUT2D eigenvalue weighted by Gasteiger charge is 2.16. The number of hydrogen-bond acceptors (Lipinski definition) is 3. The Labute approximate surface area is 270 Å². The second kappa shape index (κ2) is 10.1. The number of fused-ring (bicyclic) bond motifs is 9. The van der Waals surface area contributed by atoms with Gasteiger partial charge in [-0.2, -0.15) is 0 Å². The largest absolute Gasteiger partial charge is 0.455 e. The van der Waals surface area contributed by atoms with Gasteiger partial charge in [0.15, 0.2) is 0 Å². The molecule has 3 aromatic heterocycles. The topological polar surface area (TPSA) is 38.9 Å². The third-order valence-electron chi connectivity index (χ3n) is 9.46. The normalized spacial score (nSPS) is 11.8. The lowest BCUT2D eigenvalue weighted by Gasteiger charge is -2.11. The summed E-state index contributed by atoms with van der Waals surface area (Å²) in [6.45, 7) is 0. The summed E-state index contributed by atoms with van der Waals surface area (Å²) in [4.78, 5) is 9.78. The molecule has 3 nitrogen and oxygen atoms in total. The van der Waals surface area contributed by atoms with E-state index in [9.17, 15) is 0 Å². The van der Waals surface area contributed by atoms with Gasteiger partial charge in [0.05, 0.1) is 16.7 Å². The fraction of sp³-hybridized carbons (Fsp3) is 0. The van der Waals surface area contributed by atoms with Crippen molar-refractivity contribution in [1.29, 1.82) is 0 Å². The molecule has 10 aromatic rings. The van der Waals surface area contributed by atoms with Crippen LogP contribution in [-0.4, -0.2) is 9.97 Å². The van der Waals surface area contributed by atoms with Crippen molar-refractivity contribution in [3.05, 3.63) is 158 Å². The van der Waals surface area contributed by atoms with Crippen LogP contribution in [0.3, 0.4) is 0 Å². The summed E-state index contributed by atoms with van der Waals surface area (Å²) in [5.74, 6) is 0. The minimum Gasteiger partial charge on any atom is -0.455 e. The van der Waals surface area contributed by atoms with E-state index in [1.807, 2.05) is 12.3 Å². The van der Waals surface area contributed by atoms with E-state index < -0.39 is 0 Å². The summed E-state index contributed by atoms with van der Waals surface area (Å²) >= 11 is 0.